The van der Waals surface area contributed by atoms with E-state index in [0.29, 0.717) is 17.7 Å². The molecular weight excluding hydrogens is 314 g/mol. The highest BCUT2D eigenvalue weighted by Gasteiger charge is 2.23. The lowest BCUT2D eigenvalue weighted by Crippen LogP contribution is -2.22. The van der Waals surface area contributed by atoms with Gasteiger partial charge in [0.1, 0.15) is 0 Å². The second-order valence-corrected chi connectivity index (χ2v) is 5.99. The van der Waals surface area contributed by atoms with Crippen molar-refractivity contribution < 1.29 is 14.7 Å². The molecule has 0 spiro atoms. The number of carboxylic acid groups (broad SMARTS) is 1. The number of hydrogen-bond donors (Lipinski definition) is 1. The van der Waals surface area contributed by atoms with Gasteiger partial charge >= 0.3 is 0 Å². The van der Waals surface area contributed by atoms with Gasteiger partial charge in [-0.25, -0.2) is 0 Å². The average Bonchev–Trinajstić information content (AvgIpc) is 3.00. The van der Waals surface area contributed by atoms with E-state index in [2.05, 4.69) is 17.4 Å². The third-order valence-corrected chi connectivity index (χ3v) is 4.45. The first-order chi connectivity index (χ1) is 12.1. The summed E-state index contributed by atoms with van der Waals surface area (Å²) in [5.41, 5.74) is 5.50. The molecular formula is C21H14NO3-. The van der Waals surface area contributed by atoms with E-state index in [-0.39, 0.29) is 11.5 Å². The summed E-state index contributed by atoms with van der Waals surface area (Å²) in [6, 6.07) is 19.9. The fraction of sp³-hybridized carbons (Fsp3) is 0.0476. The van der Waals surface area contributed by atoms with Crippen LogP contribution in [0, 0.1) is 0 Å². The lowest BCUT2D eigenvalue weighted by molar-refractivity contribution is -0.255. The Morgan fingerprint density at radius 3 is 2.48 bits per heavy atom. The topological polar surface area (TPSA) is 69.2 Å². The van der Waals surface area contributed by atoms with Crippen LogP contribution in [0.3, 0.4) is 0 Å². The quantitative estimate of drug-likeness (QED) is 0.629. The van der Waals surface area contributed by atoms with Crippen LogP contribution in [-0.2, 0) is 6.42 Å². The minimum Gasteiger partial charge on any atom is -0.545 e. The van der Waals surface area contributed by atoms with Crippen LogP contribution >= 0.6 is 0 Å². The summed E-state index contributed by atoms with van der Waals surface area (Å²) in [6.45, 7) is 0. The minimum absolute atomic E-state index is 0.0310. The molecule has 25 heavy (non-hydrogen) atoms. The standard InChI is InChI=1S/C21H15NO3/c23-20(22-15-7-3-6-14(11-15)21(24)25)18-10-4-9-17-16-8-2-1-5-13(16)12-19(17)18/h1-11H,12H2,(H,22,23)(H,24,25)/p-1. The van der Waals surface area contributed by atoms with Gasteiger partial charge in [-0.05, 0) is 52.4 Å². The first-order valence-electron chi connectivity index (χ1n) is 7.96. The first-order valence-corrected chi connectivity index (χ1v) is 7.96. The van der Waals surface area contributed by atoms with Crippen molar-refractivity contribution in [3.8, 4) is 11.1 Å². The van der Waals surface area contributed by atoms with Crippen molar-refractivity contribution in [1.82, 2.24) is 0 Å². The highest BCUT2D eigenvalue weighted by molar-refractivity contribution is 6.07. The molecule has 0 fully saturated rings. The monoisotopic (exact) mass is 328 g/mol. The van der Waals surface area contributed by atoms with Gasteiger partial charge in [0.2, 0.25) is 0 Å². The van der Waals surface area contributed by atoms with Gasteiger partial charge in [0.25, 0.3) is 5.91 Å². The Bertz CT molecular complexity index is 1010. The van der Waals surface area contributed by atoms with Gasteiger partial charge < -0.3 is 15.2 Å². The molecule has 1 aliphatic carbocycles. The van der Waals surface area contributed by atoms with E-state index < -0.39 is 5.97 Å². The maximum atomic E-state index is 12.7. The molecule has 0 radical (unpaired) electrons. The normalized spacial score (nSPS) is 11.5. The predicted molar refractivity (Wildman–Crippen MR) is 93.4 cm³/mol. The molecule has 0 saturated carbocycles. The molecule has 4 nitrogen and oxygen atoms in total. The van der Waals surface area contributed by atoms with Gasteiger partial charge in [-0.15, -0.1) is 0 Å². The molecule has 1 aliphatic rings. The van der Waals surface area contributed by atoms with Gasteiger partial charge in [-0.2, -0.15) is 0 Å². The second-order valence-electron chi connectivity index (χ2n) is 5.99. The van der Waals surface area contributed by atoms with Gasteiger partial charge in [0.05, 0.1) is 5.97 Å². The Hall–Kier alpha value is -3.40. The maximum Gasteiger partial charge on any atom is 0.255 e. The number of benzene rings is 3. The number of aromatic carboxylic acids is 1. The van der Waals surface area contributed by atoms with E-state index in [1.165, 1.54) is 17.7 Å². The molecule has 0 heterocycles. The van der Waals surface area contributed by atoms with Crippen LogP contribution in [0.5, 0.6) is 0 Å². The van der Waals surface area contributed by atoms with Crippen molar-refractivity contribution in [1.29, 1.82) is 0 Å². The second kappa shape index (κ2) is 5.91. The summed E-state index contributed by atoms with van der Waals surface area (Å²) >= 11 is 0. The fourth-order valence-electron chi connectivity index (χ4n) is 3.29. The lowest BCUT2D eigenvalue weighted by Gasteiger charge is -2.11. The van der Waals surface area contributed by atoms with Crippen molar-refractivity contribution in [3.05, 3.63) is 89.0 Å². The Balaban J connectivity index is 1.67. The SMILES string of the molecule is O=C([O-])c1cccc(NC(=O)c2cccc3c2Cc2ccccc2-3)c1. The zero-order valence-electron chi connectivity index (χ0n) is 13.3. The highest BCUT2D eigenvalue weighted by Crippen LogP contribution is 2.38. The first kappa shape index (κ1) is 15.1. The van der Waals surface area contributed by atoms with E-state index in [4.69, 9.17) is 0 Å². The van der Waals surface area contributed by atoms with Gasteiger partial charge in [-0.3, -0.25) is 4.79 Å². The molecule has 0 atom stereocenters. The van der Waals surface area contributed by atoms with Crippen molar-refractivity contribution in [3.63, 3.8) is 0 Å². The van der Waals surface area contributed by atoms with E-state index in [9.17, 15) is 14.7 Å². The van der Waals surface area contributed by atoms with Gasteiger partial charge in [0, 0.05) is 11.3 Å². The third kappa shape index (κ3) is 2.68. The number of amides is 1. The summed E-state index contributed by atoms with van der Waals surface area (Å²) in [7, 11) is 0. The molecule has 0 bridgehead atoms. The van der Waals surface area contributed by atoms with Crippen LogP contribution in [0.1, 0.15) is 31.8 Å². The highest BCUT2D eigenvalue weighted by atomic mass is 16.4. The number of hydrogen-bond acceptors (Lipinski definition) is 3. The number of carbonyl (C=O) groups excluding carboxylic acids is 2. The fourth-order valence-corrected chi connectivity index (χ4v) is 3.29. The number of anilines is 1. The van der Waals surface area contributed by atoms with Gasteiger partial charge in [-0.1, -0.05) is 48.5 Å². The van der Waals surface area contributed by atoms with Crippen LogP contribution in [0.25, 0.3) is 11.1 Å². The Labute approximate surface area is 144 Å². The Morgan fingerprint density at radius 2 is 1.64 bits per heavy atom. The predicted octanol–water partition coefficient (Wildman–Crippen LogP) is 2.87. The molecule has 0 aliphatic heterocycles. The van der Waals surface area contributed by atoms with Crippen molar-refractivity contribution >= 4 is 17.6 Å². The number of nitrogens with one attached hydrogen (secondary N) is 1. The molecule has 3 aromatic rings. The minimum atomic E-state index is -1.27. The Morgan fingerprint density at radius 1 is 0.880 bits per heavy atom. The zero-order chi connectivity index (χ0) is 17.4. The van der Waals surface area contributed by atoms with Crippen LogP contribution in [0.2, 0.25) is 0 Å². The van der Waals surface area contributed by atoms with E-state index in [0.717, 1.165) is 16.7 Å². The van der Waals surface area contributed by atoms with Crippen LogP contribution < -0.4 is 10.4 Å². The molecule has 3 aromatic carbocycles. The summed E-state index contributed by atoms with van der Waals surface area (Å²) in [5, 5.41) is 13.7. The summed E-state index contributed by atoms with van der Waals surface area (Å²) in [6.07, 6.45) is 0.716. The molecule has 1 amide bonds. The molecule has 0 unspecified atom stereocenters. The smallest absolute Gasteiger partial charge is 0.255 e. The molecule has 0 aromatic heterocycles. The summed E-state index contributed by atoms with van der Waals surface area (Å²) in [4.78, 5) is 23.7. The summed E-state index contributed by atoms with van der Waals surface area (Å²) < 4.78 is 0. The van der Waals surface area contributed by atoms with E-state index >= 15 is 0 Å². The number of fused-ring (bicyclic) bond motifs is 3. The largest absolute Gasteiger partial charge is 0.545 e. The molecule has 1 N–H and O–H groups in total. The van der Waals surface area contributed by atoms with Crippen molar-refractivity contribution in [2.75, 3.05) is 5.32 Å². The Kier molecular flexibility index (Phi) is 3.58. The molecule has 4 rings (SSSR count). The van der Waals surface area contributed by atoms with E-state index in [1.807, 2.05) is 24.3 Å². The maximum absolute atomic E-state index is 12.7. The molecule has 4 heteroatoms. The lowest BCUT2D eigenvalue weighted by atomic mass is 10.0. The molecule has 0 saturated heterocycles. The van der Waals surface area contributed by atoms with Crippen LogP contribution in [0.15, 0.2) is 66.7 Å². The number of rotatable bonds is 3. The number of carboxylic acids is 1. The van der Waals surface area contributed by atoms with Crippen LogP contribution in [-0.4, -0.2) is 11.9 Å². The number of carbonyl (C=O) groups is 2. The third-order valence-electron chi connectivity index (χ3n) is 4.45. The summed E-state index contributed by atoms with van der Waals surface area (Å²) in [5.74, 6) is -1.52. The van der Waals surface area contributed by atoms with E-state index in [1.54, 1.807) is 18.2 Å². The van der Waals surface area contributed by atoms with Crippen molar-refractivity contribution in [2.24, 2.45) is 0 Å². The molecule has 122 valence electrons. The van der Waals surface area contributed by atoms with Gasteiger partial charge in [0.15, 0.2) is 0 Å². The zero-order valence-corrected chi connectivity index (χ0v) is 13.3. The van der Waals surface area contributed by atoms with Crippen LogP contribution in [0.4, 0.5) is 5.69 Å². The van der Waals surface area contributed by atoms with Crippen molar-refractivity contribution in [2.45, 2.75) is 6.42 Å². The average molecular weight is 328 g/mol.